The first-order valence-electron chi connectivity index (χ1n) is 5.67. The molecule has 3 aromatic rings. The highest BCUT2D eigenvalue weighted by Crippen LogP contribution is 2.30. The Bertz CT molecular complexity index is 861. The van der Waals surface area contributed by atoms with Crippen molar-refractivity contribution >= 4 is 53.2 Å². The van der Waals surface area contributed by atoms with Crippen LogP contribution in [-0.4, -0.2) is 13.4 Å². The summed E-state index contributed by atoms with van der Waals surface area (Å²) in [4.78, 5) is 4.19. The van der Waals surface area contributed by atoms with Crippen LogP contribution in [0.3, 0.4) is 0 Å². The molecule has 0 fully saturated rings. The lowest BCUT2D eigenvalue weighted by Crippen LogP contribution is -2.13. The van der Waals surface area contributed by atoms with Crippen LogP contribution in [0.4, 0.5) is 5.13 Å². The van der Waals surface area contributed by atoms with Crippen LogP contribution < -0.4 is 4.72 Å². The molecule has 7 heteroatoms. The van der Waals surface area contributed by atoms with E-state index in [4.69, 9.17) is 0 Å². The highest BCUT2D eigenvalue weighted by atomic mass is 79.9. The molecule has 1 aromatic heterocycles. The molecule has 0 unspecified atom stereocenters. The first kappa shape index (κ1) is 13.5. The van der Waals surface area contributed by atoms with Gasteiger partial charge < -0.3 is 0 Å². The zero-order valence-corrected chi connectivity index (χ0v) is 13.3. The van der Waals surface area contributed by atoms with Crippen LogP contribution in [0.1, 0.15) is 0 Å². The maximum absolute atomic E-state index is 12.5. The summed E-state index contributed by atoms with van der Waals surface area (Å²) in [5.74, 6) is 0. The standard InChI is InChI=1S/C13H9BrN2O2S2/c14-11-5-6-12(10-4-2-1-3-9(10)11)20(17,18)16-13-15-7-8-19-13/h1-8H,(H,15,16). The van der Waals surface area contributed by atoms with E-state index in [1.54, 1.807) is 29.8 Å². The van der Waals surface area contributed by atoms with E-state index in [0.717, 1.165) is 9.86 Å². The van der Waals surface area contributed by atoms with Crippen molar-refractivity contribution in [2.24, 2.45) is 0 Å². The van der Waals surface area contributed by atoms with E-state index >= 15 is 0 Å². The maximum atomic E-state index is 12.5. The third-order valence-electron chi connectivity index (χ3n) is 2.77. The third kappa shape index (κ3) is 2.44. The molecule has 1 N–H and O–H groups in total. The van der Waals surface area contributed by atoms with Gasteiger partial charge in [0, 0.05) is 21.4 Å². The Kier molecular flexibility index (Phi) is 3.49. The van der Waals surface area contributed by atoms with Crippen LogP contribution >= 0.6 is 27.3 Å². The molecule has 0 aliphatic rings. The Morgan fingerprint density at radius 3 is 2.55 bits per heavy atom. The van der Waals surface area contributed by atoms with Crippen LogP contribution in [-0.2, 0) is 10.0 Å². The molecule has 20 heavy (non-hydrogen) atoms. The number of fused-ring (bicyclic) bond motifs is 1. The lowest BCUT2D eigenvalue weighted by atomic mass is 10.1. The van der Waals surface area contributed by atoms with Gasteiger partial charge in [0.05, 0.1) is 4.90 Å². The quantitative estimate of drug-likeness (QED) is 0.763. The van der Waals surface area contributed by atoms with Gasteiger partial charge in [-0.1, -0.05) is 40.2 Å². The summed E-state index contributed by atoms with van der Waals surface area (Å²) >= 11 is 4.68. The average Bonchev–Trinajstić information content (AvgIpc) is 2.91. The van der Waals surface area contributed by atoms with Gasteiger partial charge in [0.2, 0.25) is 0 Å². The summed E-state index contributed by atoms with van der Waals surface area (Å²) in [6.45, 7) is 0. The van der Waals surface area contributed by atoms with Crippen LogP contribution in [0.15, 0.2) is 57.3 Å². The summed E-state index contributed by atoms with van der Waals surface area (Å²) in [5.41, 5.74) is 0. The third-order valence-corrected chi connectivity index (χ3v) is 5.68. The van der Waals surface area contributed by atoms with Gasteiger partial charge >= 0.3 is 0 Å². The number of aromatic nitrogens is 1. The molecule has 4 nitrogen and oxygen atoms in total. The lowest BCUT2D eigenvalue weighted by Gasteiger charge is -2.09. The molecule has 2 aromatic carbocycles. The first-order chi connectivity index (χ1) is 9.58. The second kappa shape index (κ2) is 5.16. The molecule has 0 aliphatic carbocycles. The van der Waals surface area contributed by atoms with Gasteiger partial charge in [0.1, 0.15) is 0 Å². The predicted octanol–water partition coefficient (Wildman–Crippen LogP) is 3.86. The van der Waals surface area contributed by atoms with Crippen LogP contribution in [0.2, 0.25) is 0 Å². The number of halogens is 1. The topological polar surface area (TPSA) is 59.1 Å². The molecule has 0 amide bonds. The highest BCUT2D eigenvalue weighted by molar-refractivity contribution is 9.10. The molecule has 0 aliphatic heterocycles. The minimum absolute atomic E-state index is 0.242. The monoisotopic (exact) mass is 368 g/mol. The summed E-state index contributed by atoms with van der Waals surface area (Å²) < 4.78 is 28.3. The second-order valence-electron chi connectivity index (χ2n) is 4.03. The van der Waals surface area contributed by atoms with Gasteiger partial charge in [0.15, 0.2) is 5.13 Å². The number of nitrogens with zero attached hydrogens (tertiary/aromatic N) is 1. The normalized spacial score (nSPS) is 11.7. The molecule has 1 heterocycles. The summed E-state index contributed by atoms with van der Waals surface area (Å²) in [6.07, 6.45) is 1.56. The average molecular weight is 369 g/mol. The number of thiazole rings is 1. The minimum atomic E-state index is -3.65. The molecular weight excluding hydrogens is 360 g/mol. The fourth-order valence-electron chi connectivity index (χ4n) is 1.91. The van der Waals surface area contributed by atoms with Gasteiger partial charge in [-0.2, -0.15) is 0 Å². The lowest BCUT2D eigenvalue weighted by molar-refractivity contribution is 0.602. The van der Waals surface area contributed by atoms with Gasteiger partial charge in [-0.05, 0) is 17.5 Å². The van der Waals surface area contributed by atoms with Gasteiger partial charge in [-0.3, -0.25) is 4.72 Å². The fourth-order valence-corrected chi connectivity index (χ4v) is 4.39. The Morgan fingerprint density at radius 2 is 1.85 bits per heavy atom. The molecule has 0 bridgehead atoms. The van der Waals surface area contributed by atoms with Crippen molar-refractivity contribution in [3.63, 3.8) is 0 Å². The van der Waals surface area contributed by atoms with E-state index < -0.39 is 10.0 Å². The fraction of sp³-hybridized carbons (Fsp3) is 0. The zero-order valence-electron chi connectivity index (χ0n) is 10.1. The van der Waals surface area contributed by atoms with Crippen LogP contribution in [0, 0.1) is 0 Å². The molecule has 0 saturated carbocycles. The second-order valence-corrected chi connectivity index (χ2v) is 7.43. The largest absolute Gasteiger partial charge is 0.264 e. The summed E-state index contributed by atoms with van der Waals surface area (Å²) in [6, 6.07) is 10.7. The SMILES string of the molecule is O=S(=O)(Nc1nccs1)c1ccc(Br)c2ccccc12. The Balaban J connectivity index is 2.17. The zero-order chi connectivity index (χ0) is 14.2. The Labute approximate surface area is 128 Å². The smallest absolute Gasteiger partial charge is 0.255 e. The Hall–Kier alpha value is -1.44. The number of hydrogen-bond acceptors (Lipinski definition) is 4. The number of rotatable bonds is 3. The van der Waals surface area contributed by atoms with Crippen molar-refractivity contribution in [1.82, 2.24) is 4.98 Å². The highest BCUT2D eigenvalue weighted by Gasteiger charge is 2.19. The van der Waals surface area contributed by atoms with E-state index in [1.807, 2.05) is 18.2 Å². The minimum Gasteiger partial charge on any atom is -0.255 e. The van der Waals surface area contributed by atoms with E-state index in [9.17, 15) is 8.42 Å². The van der Waals surface area contributed by atoms with Gasteiger partial charge in [-0.15, -0.1) is 11.3 Å². The predicted molar refractivity (Wildman–Crippen MR) is 84.6 cm³/mol. The molecule has 102 valence electrons. The Morgan fingerprint density at radius 1 is 1.10 bits per heavy atom. The summed E-state index contributed by atoms with van der Waals surface area (Å²) in [5, 5.41) is 3.61. The first-order valence-corrected chi connectivity index (χ1v) is 8.83. The van der Waals surface area contributed by atoms with E-state index in [0.29, 0.717) is 10.5 Å². The maximum Gasteiger partial charge on any atom is 0.264 e. The number of nitrogens with one attached hydrogen (secondary N) is 1. The van der Waals surface area contributed by atoms with Crippen molar-refractivity contribution in [2.75, 3.05) is 4.72 Å². The van der Waals surface area contributed by atoms with Crippen molar-refractivity contribution < 1.29 is 8.42 Å². The number of anilines is 1. The molecule has 0 radical (unpaired) electrons. The molecule has 0 saturated heterocycles. The molecular formula is C13H9BrN2O2S2. The number of sulfonamides is 1. The van der Waals surface area contributed by atoms with Crippen molar-refractivity contribution in [2.45, 2.75) is 4.90 Å². The van der Waals surface area contributed by atoms with E-state index in [2.05, 4.69) is 25.6 Å². The van der Waals surface area contributed by atoms with Crippen LogP contribution in [0.5, 0.6) is 0 Å². The number of benzene rings is 2. The van der Waals surface area contributed by atoms with Crippen molar-refractivity contribution in [3.8, 4) is 0 Å². The number of hydrogen-bond donors (Lipinski definition) is 1. The van der Waals surface area contributed by atoms with E-state index in [-0.39, 0.29) is 4.90 Å². The molecule has 0 spiro atoms. The van der Waals surface area contributed by atoms with Crippen molar-refractivity contribution in [1.29, 1.82) is 0 Å². The van der Waals surface area contributed by atoms with Crippen molar-refractivity contribution in [3.05, 3.63) is 52.4 Å². The van der Waals surface area contributed by atoms with Crippen LogP contribution in [0.25, 0.3) is 10.8 Å². The summed E-state index contributed by atoms with van der Waals surface area (Å²) in [7, 11) is -3.65. The molecule has 3 rings (SSSR count). The van der Waals surface area contributed by atoms with Gasteiger partial charge in [0.25, 0.3) is 10.0 Å². The molecule has 0 atom stereocenters. The van der Waals surface area contributed by atoms with Gasteiger partial charge in [-0.25, -0.2) is 13.4 Å². The van der Waals surface area contributed by atoms with E-state index in [1.165, 1.54) is 11.3 Å².